The quantitative estimate of drug-likeness (QED) is 0.245. The minimum Gasteiger partial charge on any atom is -0.508 e. The first-order valence-corrected chi connectivity index (χ1v) is 12.5. The van der Waals surface area contributed by atoms with Gasteiger partial charge in [-0.05, 0) is 79.8 Å². The van der Waals surface area contributed by atoms with Crippen molar-refractivity contribution in [2.75, 3.05) is 13.1 Å². The highest BCUT2D eigenvalue weighted by Crippen LogP contribution is 2.25. The number of aliphatic hydroxyl groups is 2. The Kier molecular flexibility index (Phi) is 9.77. The van der Waals surface area contributed by atoms with Crippen molar-refractivity contribution in [2.45, 2.75) is 44.9 Å². The fraction of sp³-hybridized carbons (Fsp3) is 0.321. The maximum absolute atomic E-state index is 12.7. The maximum atomic E-state index is 12.7. The molecule has 1 amide bonds. The molecule has 3 rings (SSSR count). The van der Waals surface area contributed by atoms with Crippen LogP contribution in [0.1, 0.15) is 52.6 Å². The predicted molar refractivity (Wildman–Crippen MR) is 144 cm³/mol. The van der Waals surface area contributed by atoms with Crippen molar-refractivity contribution < 1.29 is 20.1 Å². The topological polar surface area (TPSA) is 102 Å². The number of aromatic hydroxyl groups is 1. The molecule has 0 heterocycles. The second-order valence-corrected chi connectivity index (χ2v) is 10.2. The number of aliphatic hydroxyl groups excluding tert-OH is 2. The molecule has 5 N–H and O–H groups in total. The van der Waals surface area contributed by atoms with Crippen molar-refractivity contribution in [3.63, 3.8) is 0 Å². The van der Waals surface area contributed by atoms with Crippen LogP contribution in [-0.4, -0.2) is 39.9 Å². The molecule has 0 unspecified atom stereocenters. The van der Waals surface area contributed by atoms with Crippen molar-refractivity contribution in [3.05, 3.63) is 98.5 Å². The molecule has 36 heavy (non-hydrogen) atoms. The molecule has 0 saturated heterocycles. The number of benzene rings is 3. The van der Waals surface area contributed by atoms with Crippen molar-refractivity contribution in [2.24, 2.45) is 0 Å². The van der Waals surface area contributed by atoms with Gasteiger partial charge in [-0.2, -0.15) is 0 Å². The largest absolute Gasteiger partial charge is 0.508 e. The number of rotatable bonds is 11. The first-order valence-electron chi connectivity index (χ1n) is 11.8. The molecule has 0 aliphatic carbocycles. The summed E-state index contributed by atoms with van der Waals surface area (Å²) >= 11 is 12.4. The minimum atomic E-state index is -0.807. The molecule has 0 saturated carbocycles. The minimum absolute atomic E-state index is 0.00156. The Labute approximate surface area is 221 Å². The second kappa shape index (κ2) is 12.6. The van der Waals surface area contributed by atoms with Gasteiger partial charge in [-0.3, -0.25) is 4.79 Å². The molecule has 8 heteroatoms. The summed E-state index contributed by atoms with van der Waals surface area (Å²) in [7, 11) is 0. The van der Waals surface area contributed by atoms with Crippen LogP contribution >= 0.6 is 23.2 Å². The average Bonchev–Trinajstić information content (AvgIpc) is 2.84. The van der Waals surface area contributed by atoms with E-state index in [1.807, 2.05) is 32.0 Å². The third-order valence-corrected chi connectivity index (χ3v) is 6.70. The molecule has 0 radical (unpaired) electrons. The Balaban J connectivity index is 1.55. The fourth-order valence-corrected chi connectivity index (χ4v) is 4.59. The van der Waals surface area contributed by atoms with Crippen molar-refractivity contribution in [1.82, 2.24) is 10.6 Å². The monoisotopic (exact) mass is 530 g/mol. The second-order valence-electron chi connectivity index (χ2n) is 9.41. The number of amides is 1. The van der Waals surface area contributed by atoms with Crippen molar-refractivity contribution in [3.8, 4) is 5.75 Å². The van der Waals surface area contributed by atoms with Crippen molar-refractivity contribution in [1.29, 1.82) is 0 Å². The van der Waals surface area contributed by atoms with E-state index in [0.29, 0.717) is 46.1 Å². The molecule has 1 atom stereocenters. The standard InChI is InChI=1S/C28H32Cl2N2O4/c1-28(2,32-16-26(35)19-9-10-25(34)21(14-19)17-33)15-18-5-3-6-20(13-18)27(36)31-12-11-22-23(29)7-4-8-24(22)30/h3-10,13-14,26,32-35H,11-12,15-17H2,1-2H3,(H,31,36)/t26-/m0/s1. The molecule has 6 nitrogen and oxygen atoms in total. The lowest BCUT2D eigenvalue weighted by Gasteiger charge is -2.28. The number of hydrogen-bond donors (Lipinski definition) is 5. The van der Waals surface area contributed by atoms with E-state index in [9.17, 15) is 20.1 Å². The van der Waals surface area contributed by atoms with Gasteiger partial charge in [0.05, 0.1) is 12.7 Å². The molecule has 0 bridgehead atoms. The Morgan fingerprint density at radius 1 is 1.03 bits per heavy atom. The van der Waals surface area contributed by atoms with E-state index in [1.165, 1.54) is 6.07 Å². The molecule has 0 fully saturated rings. The van der Waals surface area contributed by atoms with E-state index < -0.39 is 6.10 Å². The van der Waals surface area contributed by atoms with Crippen LogP contribution in [0.5, 0.6) is 5.75 Å². The summed E-state index contributed by atoms with van der Waals surface area (Å²) in [5.74, 6) is -0.174. The van der Waals surface area contributed by atoms with Gasteiger partial charge in [0.25, 0.3) is 5.91 Å². The average molecular weight is 531 g/mol. The molecule has 0 spiro atoms. The Hall–Kier alpha value is -2.61. The molecular weight excluding hydrogens is 499 g/mol. The zero-order chi connectivity index (χ0) is 26.3. The molecule has 0 aromatic heterocycles. The van der Waals surface area contributed by atoms with Gasteiger partial charge in [0.15, 0.2) is 0 Å². The van der Waals surface area contributed by atoms with Gasteiger partial charge in [0, 0.05) is 39.8 Å². The fourth-order valence-electron chi connectivity index (χ4n) is 4.00. The first kappa shape index (κ1) is 28.0. The highest BCUT2D eigenvalue weighted by Gasteiger charge is 2.21. The molecule has 0 aliphatic heterocycles. The third kappa shape index (κ3) is 7.69. The van der Waals surface area contributed by atoms with Crippen LogP contribution in [0, 0.1) is 0 Å². The van der Waals surface area contributed by atoms with Gasteiger partial charge < -0.3 is 26.0 Å². The van der Waals surface area contributed by atoms with Gasteiger partial charge in [-0.25, -0.2) is 0 Å². The number of carbonyl (C=O) groups is 1. The normalized spacial score (nSPS) is 12.4. The number of nitrogens with one attached hydrogen (secondary N) is 2. The lowest BCUT2D eigenvalue weighted by atomic mass is 9.93. The summed E-state index contributed by atoms with van der Waals surface area (Å²) in [4.78, 5) is 12.7. The van der Waals surface area contributed by atoms with Crippen LogP contribution in [0.2, 0.25) is 10.0 Å². The van der Waals surface area contributed by atoms with E-state index in [2.05, 4.69) is 10.6 Å². The number of halogens is 2. The molecule has 0 aliphatic rings. The van der Waals surface area contributed by atoms with E-state index in [1.54, 1.807) is 36.4 Å². The van der Waals surface area contributed by atoms with Crippen LogP contribution in [0.15, 0.2) is 60.7 Å². The van der Waals surface area contributed by atoms with Gasteiger partial charge in [0.1, 0.15) is 5.75 Å². The summed E-state index contributed by atoms with van der Waals surface area (Å²) < 4.78 is 0. The van der Waals surface area contributed by atoms with E-state index in [0.717, 1.165) is 11.1 Å². The van der Waals surface area contributed by atoms with Gasteiger partial charge in [0.2, 0.25) is 0 Å². The van der Waals surface area contributed by atoms with E-state index in [4.69, 9.17) is 23.2 Å². The maximum Gasteiger partial charge on any atom is 0.251 e. The van der Waals surface area contributed by atoms with Crippen LogP contribution in [-0.2, 0) is 19.4 Å². The number of β-amino-alcohol motifs (C(OH)–C–C–N with tert-alkyl or cyclic N) is 1. The summed E-state index contributed by atoms with van der Waals surface area (Å²) in [5.41, 5.74) is 2.97. The summed E-state index contributed by atoms with van der Waals surface area (Å²) in [6, 6.07) is 17.5. The van der Waals surface area contributed by atoms with Gasteiger partial charge >= 0.3 is 0 Å². The van der Waals surface area contributed by atoms with Crippen molar-refractivity contribution >= 4 is 29.1 Å². The van der Waals surface area contributed by atoms with E-state index >= 15 is 0 Å². The zero-order valence-corrected chi connectivity index (χ0v) is 21.9. The lowest BCUT2D eigenvalue weighted by molar-refractivity contribution is 0.0954. The van der Waals surface area contributed by atoms with Gasteiger partial charge in [-0.15, -0.1) is 0 Å². The zero-order valence-electron chi connectivity index (χ0n) is 20.4. The highest BCUT2D eigenvalue weighted by molar-refractivity contribution is 6.36. The highest BCUT2D eigenvalue weighted by atomic mass is 35.5. The molecular formula is C28H32Cl2N2O4. The van der Waals surface area contributed by atoms with Crippen LogP contribution in [0.25, 0.3) is 0 Å². The summed E-state index contributed by atoms with van der Waals surface area (Å²) in [6.45, 7) is 4.44. The van der Waals surface area contributed by atoms with Crippen LogP contribution in [0.4, 0.5) is 0 Å². The molecule has 192 valence electrons. The van der Waals surface area contributed by atoms with Gasteiger partial charge in [-0.1, -0.05) is 47.5 Å². The number of phenols is 1. The lowest BCUT2D eigenvalue weighted by Crippen LogP contribution is -2.43. The predicted octanol–water partition coefficient (Wildman–Crippen LogP) is 4.81. The molecule has 3 aromatic carbocycles. The number of hydrogen-bond acceptors (Lipinski definition) is 5. The van der Waals surface area contributed by atoms with E-state index in [-0.39, 0.29) is 30.3 Å². The Bertz CT molecular complexity index is 1180. The van der Waals surface area contributed by atoms with Crippen LogP contribution < -0.4 is 10.6 Å². The number of carbonyl (C=O) groups excluding carboxylic acids is 1. The van der Waals surface area contributed by atoms with Crippen LogP contribution in [0.3, 0.4) is 0 Å². The smallest absolute Gasteiger partial charge is 0.251 e. The first-order chi connectivity index (χ1) is 17.1. The SMILES string of the molecule is CC(C)(Cc1cccc(C(=O)NCCc2c(Cl)cccc2Cl)c1)NC[C@H](O)c1ccc(O)c(CO)c1. The Morgan fingerprint density at radius 3 is 2.42 bits per heavy atom. The summed E-state index contributed by atoms with van der Waals surface area (Å²) in [5, 5.41) is 37.1. The third-order valence-electron chi connectivity index (χ3n) is 5.99. The summed E-state index contributed by atoms with van der Waals surface area (Å²) in [6.07, 6.45) is 0.358. The Morgan fingerprint density at radius 2 is 1.72 bits per heavy atom. The molecule has 3 aromatic rings.